The van der Waals surface area contributed by atoms with E-state index in [1.807, 2.05) is 30.3 Å². The first-order valence-corrected chi connectivity index (χ1v) is 7.49. The van der Waals surface area contributed by atoms with Crippen molar-refractivity contribution in [1.82, 2.24) is 5.32 Å². The molecule has 2 aromatic carbocycles. The first-order valence-electron chi connectivity index (χ1n) is 6.70. The van der Waals surface area contributed by atoms with E-state index < -0.39 is 0 Å². The predicted molar refractivity (Wildman–Crippen MR) is 87.1 cm³/mol. The van der Waals surface area contributed by atoms with E-state index in [1.165, 1.54) is 5.56 Å². The van der Waals surface area contributed by atoms with Gasteiger partial charge in [0, 0.05) is 17.1 Å². The van der Waals surface area contributed by atoms with Gasteiger partial charge in [-0.1, -0.05) is 34.1 Å². The van der Waals surface area contributed by atoms with Gasteiger partial charge in [0.15, 0.2) is 0 Å². The highest BCUT2D eigenvalue weighted by Gasteiger charge is 2.07. The molecule has 0 aliphatic carbocycles. The number of ether oxygens (including phenoxy) is 1. The highest BCUT2D eigenvalue weighted by Crippen LogP contribution is 2.20. The highest BCUT2D eigenvalue weighted by atomic mass is 79.9. The van der Waals surface area contributed by atoms with Crippen LogP contribution in [0.3, 0.4) is 0 Å². The summed E-state index contributed by atoms with van der Waals surface area (Å²) >= 11 is 3.44. The van der Waals surface area contributed by atoms with Crippen molar-refractivity contribution in [3.8, 4) is 11.8 Å². The number of nitriles is 1. The molecule has 1 N–H and O–H groups in total. The van der Waals surface area contributed by atoms with Crippen molar-refractivity contribution in [2.24, 2.45) is 0 Å². The van der Waals surface area contributed by atoms with Crippen molar-refractivity contribution in [1.29, 1.82) is 5.26 Å². The summed E-state index contributed by atoms with van der Waals surface area (Å²) in [5, 5.41) is 12.6. The molecule has 0 saturated heterocycles. The second kappa shape index (κ2) is 7.26. The maximum Gasteiger partial charge on any atom is 0.136 e. The van der Waals surface area contributed by atoms with Gasteiger partial charge in [0.25, 0.3) is 0 Å². The summed E-state index contributed by atoms with van der Waals surface area (Å²) in [7, 11) is 1.57. The lowest BCUT2D eigenvalue weighted by molar-refractivity contribution is 0.413. The molecule has 21 heavy (non-hydrogen) atoms. The Morgan fingerprint density at radius 3 is 2.57 bits per heavy atom. The van der Waals surface area contributed by atoms with Crippen LogP contribution in [0.5, 0.6) is 5.75 Å². The van der Waals surface area contributed by atoms with Crippen LogP contribution in [0.4, 0.5) is 0 Å². The summed E-state index contributed by atoms with van der Waals surface area (Å²) in [6, 6.07) is 16.3. The van der Waals surface area contributed by atoms with Crippen LogP contribution in [0.2, 0.25) is 0 Å². The largest absolute Gasteiger partial charge is 0.495 e. The van der Waals surface area contributed by atoms with Crippen LogP contribution in [0.25, 0.3) is 0 Å². The minimum Gasteiger partial charge on any atom is -0.495 e. The Balaban J connectivity index is 2.03. The fraction of sp³-hybridized carbons (Fsp3) is 0.235. The predicted octanol–water partition coefficient (Wildman–Crippen LogP) is 4.18. The summed E-state index contributed by atoms with van der Waals surface area (Å²) in [6.45, 7) is 2.83. The Hall–Kier alpha value is -1.83. The molecule has 2 rings (SSSR count). The number of halogens is 1. The van der Waals surface area contributed by atoms with Gasteiger partial charge in [0.05, 0.1) is 12.7 Å². The van der Waals surface area contributed by atoms with Crippen LogP contribution in [0.1, 0.15) is 29.7 Å². The quantitative estimate of drug-likeness (QED) is 0.884. The molecule has 0 aliphatic rings. The topological polar surface area (TPSA) is 45.0 Å². The molecule has 0 aromatic heterocycles. The maximum absolute atomic E-state index is 9.10. The zero-order valence-electron chi connectivity index (χ0n) is 12.1. The molecular weight excluding hydrogens is 328 g/mol. The number of nitrogens with zero attached hydrogens (tertiary/aromatic N) is 1. The second-order valence-electron chi connectivity index (χ2n) is 4.80. The Morgan fingerprint density at radius 1 is 1.24 bits per heavy atom. The molecule has 0 spiro atoms. The number of methoxy groups -OCH3 is 1. The van der Waals surface area contributed by atoms with E-state index in [-0.39, 0.29) is 6.04 Å². The number of hydrogen-bond acceptors (Lipinski definition) is 3. The molecular formula is C17H17BrN2O. The fourth-order valence-corrected chi connectivity index (χ4v) is 2.36. The summed E-state index contributed by atoms with van der Waals surface area (Å²) in [5.41, 5.74) is 2.86. The summed E-state index contributed by atoms with van der Waals surface area (Å²) in [4.78, 5) is 0. The van der Waals surface area contributed by atoms with Crippen LogP contribution in [0.15, 0.2) is 46.9 Å². The van der Waals surface area contributed by atoms with Crippen LogP contribution < -0.4 is 10.1 Å². The Morgan fingerprint density at radius 2 is 1.95 bits per heavy atom. The van der Waals surface area contributed by atoms with Gasteiger partial charge in [0.2, 0.25) is 0 Å². The van der Waals surface area contributed by atoms with Crippen LogP contribution >= 0.6 is 15.9 Å². The average molecular weight is 345 g/mol. The van der Waals surface area contributed by atoms with E-state index in [0.717, 1.165) is 10.0 Å². The van der Waals surface area contributed by atoms with E-state index >= 15 is 0 Å². The molecule has 0 radical (unpaired) electrons. The molecule has 4 heteroatoms. The standard InChI is InChI=1S/C17H17BrN2O/c1-12(14-4-6-16(18)7-5-14)20-11-13-3-8-17(21-2)15(9-13)10-19/h3-9,12,20H,11H2,1-2H3. The molecule has 0 heterocycles. The Bertz CT molecular complexity index is 647. The number of rotatable bonds is 5. The van der Waals surface area contributed by atoms with Crippen molar-refractivity contribution in [3.63, 3.8) is 0 Å². The molecule has 1 unspecified atom stereocenters. The molecule has 1 atom stereocenters. The average Bonchev–Trinajstić information content (AvgIpc) is 2.52. The monoisotopic (exact) mass is 344 g/mol. The van der Waals surface area contributed by atoms with E-state index in [1.54, 1.807) is 7.11 Å². The third-order valence-corrected chi connectivity index (χ3v) is 3.90. The minimum atomic E-state index is 0.241. The molecule has 0 amide bonds. The van der Waals surface area contributed by atoms with Crippen LogP contribution in [-0.4, -0.2) is 7.11 Å². The fourth-order valence-electron chi connectivity index (χ4n) is 2.09. The number of hydrogen-bond donors (Lipinski definition) is 1. The second-order valence-corrected chi connectivity index (χ2v) is 5.72. The van der Waals surface area contributed by atoms with Gasteiger partial charge >= 0.3 is 0 Å². The van der Waals surface area contributed by atoms with Crippen molar-refractivity contribution >= 4 is 15.9 Å². The molecule has 3 nitrogen and oxygen atoms in total. The first kappa shape index (κ1) is 15.6. The Kier molecular flexibility index (Phi) is 5.38. The van der Waals surface area contributed by atoms with E-state index in [9.17, 15) is 0 Å². The summed E-state index contributed by atoms with van der Waals surface area (Å²) < 4.78 is 6.23. The van der Waals surface area contributed by atoms with Crippen molar-refractivity contribution in [2.45, 2.75) is 19.5 Å². The lowest BCUT2D eigenvalue weighted by atomic mass is 10.1. The minimum absolute atomic E-state index is 0.241. The number of benzene rings is 2. The zero-order chi connectivity index (χ0) is 15.2. The van der Waals surface area contributed by atoms with E-state index in [2.05, 4.69) is 46.4 Å². The van der Waals surface area contributed by atoms with Crippen LogP contribution in [0, 0.1) is 11.3 Å². The molecule has 0 bridgehead atoms. The molecule has 0 aliphatic heterocycles. The third-order valence-electron chi connectivity index (χ3n) is 3.37. The van der Waals surface area contributed by atoms with Gasteiger partial charge in [-0.15, -0.1) is 0 Å². The van der Waals surface area contributed by atoms with Crippen molar-refractivity contribution < 1.29 is 4.74 Å². The van der Waals surface area contributed by atoms with E-state index in [4.69, 9.17) is 10.00 Å². The normalized spacial score (nSPS) is 11.7. The SMILES string of the molecule is COc1ccc(CNC(C)c2ccc(Br)cc2)cc1C#N. The zero-order valence-corrected chi connectivity index (χ0v) is 13.6. The van der Waals surface area contributed by atoms with Gasteiger partial charge in [-0.05, 0) is 42.3 Å². The third kappa shape index (κ3) is 4.07. The molecule has 0 saturated carbocycles. The van der Waals surface area contributed by atoms with Gasteiger partial charge in [-0.3, -0.25) is 0 Å². The molecule has 108 valence electrons. The van der Waals surface area contributed by atoms with Gasteiger partial charge in [-0.25, -0.2) is 0 Å². The summed E-state index contributed by atoms with van der Waals surface area (Å²) in [6.07, 6.45) is 0. The molecule has 2 aromatic rings. The van der Waals surface area contributed by atoms with Gasteiger partial charge in [0.1, 0.15) is 11.8 Å². The lowest BCUT2D eigenvalue weighted by Crippen LogP contribution is -2.18. The lowest BCUT2D eigenvalue weighted by Gasteiger charge is -2.15. The molecule has 0 fully saturated rings. The van der Waals surface area contributed by atoms with Gasteiger partial charge < -0.3 is 10.1 Å². The number of nitrogens with one attached hydrogen (secondary N) is 1. The Labute approximate surface area is 133 Å². The first-order chi connectivity index (χ1) is 10.1. The maximum atomic E-state index is 9.10. The summed E-state index contributed by atoms with van der Waals surface area (Å²) in [5.74, 6) is 0.613. The van der Waals surface area contributed by atoms with Crippen molar-refractivity contribution in [3.05, 3.63) is 63.6 Å². The van der Waals surface area contributed by atoms with Crippen LogP contribution in [-0.2, 0) is 6.54 Å². The smallest absolute Gasteiger partial charge is 0.136 e. The van der Waals surface area contributed by atoms with E-state index in [0.29, 0.717) is 17.9 Å². The highest BCUT2D eigenvalue weighted by molar-refractivity contribution is 9.10. The van der Waals surface area contributed by atoms with Crippen molar-refractivity contribution in [2.75, 3.05) is 7.11 Å². The van der Waals surface area contributed by atoms with Gasteiger partial charge in [-0.2, -0.15) is 5.26 Å².